The van der Waals surface area contributed by atoms with E-state index < -0.39 is 6.10 Å². The van der Waals surface area contributed by atoms with Gasteiger partial charge in [0.15, 0.2) is 5.82 Å². The number of carbonyl (C=O) groups is 1. The molecule has 132 valence electrons. The van der Waals surface area contributed by atoms with E-state index in [0.717, 1.165) is 29.1 Å². The van der Waals surface area contributed by atoms with E-state index in [1.807, 2.05) is 47.9 Å². The number of fused-ring (bicyclic) bond motifs is 1. The van der Waals surface area contributed by atoms with Crippen LogP contribution >= 0.6 is 0 Å². The first-order chi connectivity index (χ1) is 12.7. The summed E-state index contributed by atoms with van der Waals surface area (Å²) in [6.45, 7) is 2.81. The van der Waals surface area contributed by atoms with E-state index in [0.29, 0.717) is 12.0 Å². The summed E-state index contributed by atoms with van der Waals surface area (Å²) in [5.74, 6) is 0.578. The van der Waals surface area contributed by atoms with Crippen LogP contribution in [0.4, 0.5) is 0 Å². The van der Waals surface area contributed by atoms with E-state index >= 15 is 0 Å². The summed E-state index contributed by atoms with van der Waals surface area (Å²) in [6.07, 6.45) is 1.65. The molecule has 2 N–H and O–H groups in total. The lowest BCUT2D eigenvalue weighted by Gasteiger charge is -2.18. The highest BCUT2D eigenvalue weighted by Gasteiger charge is 2.32. The molecule has 6 heteroatoms. The van der Waals surface area contributed by atoms with Gasteiger partial charge in [-0.05, 0) is 30.2 Å². The predicted molar refractivity (Wildman–Crippen MR) is 97.5 cm³/mol. The summed E-state index contributed by atoms with van der Waals surface area (Å²) in [5, 5.41) is 21.3. The third kappa shape index (κ3) is 2.88. The van der Waals surface area contributed by atoms with E-state index in [-0.39, 0.29) is 11.9 Å². The Bertz CT molecular complexity index is 933. The quantitative estimate of drug-likeness (QED) is 0.758. The number of benzene rings is 2. The number of aromatic nitrogens is 3. The van der Waals surface area contributed by atoms with Crippen LogP contribution in [0.2, 0.25) is 0 Å². The molecule has 0 fully saturated rings. The van der Waals surface area contributed by atoms with Crippen LogP contribution in [-0.4, -0.2) is 31.9 Å². The Morgan fingerprint density at radius 3 is 2.77 bits per heavy atom. The molecule has 2 unspecified atom stereocenters. The van der Waals surface area contributed by atoms with Crippen molar-refractivity contribution in [2.24, 2.45) is 0 Å². The molecule has 2 aromatic carbocycles. The molecule has 1 heterocycles. The Balaban J connectivity index is 1.52. The van der Waals surface area contributed by atoms with Gasteiger partial charge >= 0.3 is 0 Å². The van der Waals surface area contributed by atoms with Crippen LogP contribution in [0.1, 0.15) is 34.5 Å². The fourth-order valence-corrected chi connectivity index (χ4v) is 3.45. The number of nitrogens with zero attached hydrogens (tertiary/aromatic N) is 3. The summed E-state index contributed by atoms with van der Waals surface area (Å²) in [5.41, 5.74) is 3.53. The van der Waals surface area contributed by atoms with Gasteiger partial charge in [0, 0.05) is 24.1 Å². The number of hydrogen-bond donors (Lipinski definition) is 2. The van der Waals surface area contributed by atoms with Gasteiger partial charge in [0.25, 0.3) is 5.91 Å². The van der Waals surface area contributed by atoms with Crippen molar-refractivity contribution in [2.75, 3.05) is 0 Å². The van der Waals surface area contributed by atoms with E-state index in [1.165, 1.54) is 0 Å². The first-order valence-electron chi connectivity index (χ1n) is 8.72. The van der Waals surface area contributed by atoms with Crippen molar-refractivity contribution in [3.8, 4) is 11.4 Å². The van der Waals surface area contributed by atoms with Gasteiger partial charge in [0.1, 0.15) is 6.33 Å². The molecular weight excluding hydrogens is 328 g/mol. The van der Waals surface area contributed by atoms with Crippen molar-refractivity contribution >= 4 is 5.91 Å². The Morgan fingerprint density at radius 2 is 2.00 bits per heavy atom. The third-order valence-electron chi connectivity index (χ3n) is 4.85. The molecule has 6 nitrogen and oxygen atoms in total. The Kier molecular flexibility index (Phi) is 4.26. The van der Waals surface area contributed by atoms with Crippen molar-refractivity contribution in [3.63, 3.8) is 0 Å². The molecule has 3 aromatic rings. The van der Waals surface area contributed by atoms with Crippen LogP contribution in [0.15, 0.2) is 54.9 Å². The maximum absolute atomic E-state index is 12.6. The second kappa shape index (κ2) is 6.72. The second-order valence-electron chi connectivity index (χ2n) is 6.44. The van der Waals surface area contributed by atoms with Crippen LogP contribution < -0.4 is 5.32 Å². The molecular formula is C20H20N4O2. The summed E-state index contributed by atoms with van der Waals surface area (Å²) >= 11 is 0. The minimum absolute atomic E-state index is 0.200. The lowest BCUT2D eigenvalue weighted by atomic mass is 10.1. The fraction of sp³-hybridized carbons (Fsp3) is 0.250. The van der Waals surface area contributed by atoms with Crippen molar-refractivity contribution in [2.45, 2.75) is 32.0 Å². The molecule has 1 aromatic heterocycles. The zero-order chi connectivity index (χ0) is 18.1. The lowest BCUT2D eigenvalue weighted by Crippen LogP contribution is -2.33. The standard InChI is InChI=1S/C20H20N4O2/c1-2-24-12-21-23-19(24)13-7-9-14(10-8-13)20(26)22-18-16-6-4-3-5-15(16)11-17(18)25/h3-10,12,17-18,25H,2,11H2,1H3,(H,22,26). The zero-order valence-electron chi connectivity index (χ0n) is 14.5. The number of amides is 1. The third-order valence-corrected chi connectivity index (χ3v) is 4.85. The first-order valence-corrected chi connectivity index (χ1v) is 8.72. The van der Waals surface area contributed by atoms with Crippen LogP contribution in [0.25, 0.3) is 11.4 Å². The minimum atomic E-state index is -0.598. The molecule has 1 aliphatic rings. The highest BCUT2D eigenvalue weighted by molar-refractivity contribution is 5.95. The molecule has 26 heavy (non-hydrogen) atoms. The number of carbonyl (C=O) groups excluding carboxylic acids is 1. The van der Waals surface area contributed by atoms with Gasteiger partial charge in [0.05, 0.1) is 12.1 Å². The van der Waals surface area contributed by atoms with Crippen LogP contribution in [-0.2, 0) is 13.0 Å². The van der Waals surface area contributed by atoms with E-state index in [9.17, 15) is 9.90 Å². The molecule has 1 aliphatic carbocycles. The van der Waals surface area contributed by atoms with E-state index in [1.54, 1.807) is 18.5 Å². The van der Waals surface area contributed by atoms with E-state index in [4.69, 9.17) is 0 Å². The largest absolute Gasteiger partial charge is 0.390 e. The maximum Gasteiger partial charge on any atom is 0.251 e. The Labute approximate surface area is 151 Å². The number of nitrogens with one attached hydrogen (secondary N) is 1. The normalized spacial score (nSPS) is 18.5. The maximum atomic E-state index is 12.6. The smallest absolute Gasteiger partial charge is 0.251 e. The van der Waals surface area contributed by atoms with Gasteiger partial charge in [-0.25, -0.2) is 0 Å². The highest BCUT2D eigenvalue weighted by atomic mass is 16.3. The van der Waals surface area contributed by atoms with Gasteiger partial charge in [-0.3, -0.25) is 4.79 Å². The van der Waals surface area contributed by atoms with Crippen molar-refractivity contribution < 1.29 is 9.90 Å². The predicted octanol–water partition coefficient (Wildman–Crippen LogP) is 2.35. The number of aryl methyl sites for hydroxylation is 1. The molecule has 0 radical (unpaired) electrons. The molecule has 1 amide bonds. The minimum Gasteiger partial charge on any atom is -0.390 e. The lowest BCUT2D eigenvalue weighted by molar-refractivity contribution is 0.0858. The average Bonchev–Trinajstić information content (AvgIpc) is 3.26. The monoisotopic (exact) mass is 348 g/mol. The number of rotatable bonds is 4. The summed E-state index contributed by atoms with van der Waals surface area (Å²) in [7, 11) is 0. The first kappa shape index (κ1) is 16.5. The summed E-state index contributed by atoms with van der Waals surface area (Å²) in [4.78, 5) is 12.6. The Hall–Kier alpha value is -2.99. The van der Waals surface area contributed by atoms with Crippen molar-refractivity contribution in [1.29, 1.82) is 0 Å². The molecule has 0 aliphatic heterocycles. The number of hydrogen-bond acceptors (Lipinski definition) is 4. The van der Waals surface area contributed by atoms with Crippen LogP contribution in [0.5, 0.6) is 0 Å². The van der Waals surface area contributed by atoms with Gasteiger partial charge in [-0.2, -0.15) is 0 Å². The molecule has 0 spiro atoms. The molecule has 2 atom stereocenters. The second-order valence-corrected chi connectivity index (χ2v) is 6.44. The fourth-order valence-electron chi connectivity index (χ4n) is 3.45. The Morgan fingerprint density at radius 1 is 1.23 bits per heavy atom. The topological polar surface area (TPSA) is 80.0 Å². The highest BCUT2D eigenvalue weighted by Crippen LogP contribution is 2.31. The molecule has 0 saturated heterocycles. The van der Waals surface area contributed by atoms with Crippen LogP contribution in [0.3, 0.4) is 0 Å². The van der Waals surface area contributed by atoms with Crippen molar-refractivity contribution in [1.82, 2.24) is 20.1 Å². The molecule has 0 saturated carbocycles. The molecule has 0 bridgehead atoms. The number of aliphatic hydroxyl groups excluding tert-OH is 1. The molecule has 4 rings (SSSR count). The van der Waals surface area contributed by atoms with Gasteiger partial charge in [-0.15, -0.1) is 10.2 Å². The summed E-state index contributed by atoms with van der Waals surface area (Å²) in [6, 6.07) is 14.7. The summed E-state index contributed by atoms with van der Waals surface area (Å²) < 4.78 is 1.95. The zero-order valence-corrected chi connectivity index (χ0v) is 14.5. The van der Waals surface area contributed by atoms with Crippen LogP contribution in [0, 0.1) is 0 Å². The number of aliphatic hydroxyl groups is 1. The van der Waals surface area contributed by atoms with Gasteiger partial charge < -0.3 is 15.0 Å². The van der Waals surface area contributed by atoms with Gasteiger partial charge in [0.2, 0.25) is 0 Å². The van der Waals surface area contributed by atoms with Gasteiger partial charge in [-0.1, -0.05) is 36.4 Å². The SMILES string of the molecule is CCn1cnnc1-c1ccc(C(=O)NC2c3ccccc3CC2O)cc1. The average molecular weight is 348 g/mol. The van der Waals surface area contributed by atoms with Crippen molar-refractivity contribution in [3.05, 3.63) is 71.5 Å². The van der Waals surface area contributed by atoms with E-state index in [2.05, 4.69) is 15.5 Å².